The fourth-order valence-electron chi connectivity index (χ4n) is 1.94. The van der Waals surface area contributed by atoms with Crippen molar-refractivity contribution in [1.82, 2.24) is 15.1 Å². The van der Waals surface area contributed by atoms with Crippen LogP contribution in [0.1, 0.15) is 13.8 Å². The van der Waals surface area contributed by atoms with Crippen LogP contribution < -0.4 is 5.32 Å². The third-order valence-electron chi connectivity index (χ3n) is 2.78. The van der Waals surface area contributed by atoms with E-state index in [1.807, 2.05) is 18.7 Å². The van der Waals surface area contributed by atoms with Crippen molar-refractivity contribution >= 4 is 11.9 Å². The van der Waals surface area contributed by atoms with Gasteiger partial charge in [0.1, 0.15) is 6.04 Å². The van der Waals surface area contributed by atoms with Gasteiger partial charge in [-0.05, 0) is 13.8 Å². The molecular formula is C12H23N3O3. The molecule has 1 fully saturated rings. The Morgan fingerprint density at radius 1 is 1.44 bits per heavy atom. The van der Waals surface area contributed by atoms with Crippen molar-refractivity contribution < 1.29 is 14.3 Å². The third kappa shape index (κ3) is 4.27. The molecule has 1 saturated heterocycles. The standard InChI is InChI=1S/C12H23N3O3/c1-9(2)18-11(16)8-15-6-5-13-7-10(15)12(17)14(3)4/h9-10,13H,5-8H2,1-4H3. The summed E-state index contributed by atoms with van der Waals surface area (Å²) < 4.78 is 5.12. The summed E-state index contributed by atoms with van der Waals surface area (Å²) in [7, 11) is 3.45. The first-order chi connectivity index (χ1) is 8.41. The molecule has 1 rings (SSSR count). The highest BCUT2D eigenvalue weighted by Crippen LogP contribution is 2.06. The number of nitrogens with zero attached hydrogens (tertiary/aromatic N) is 2. The number of amides is 1. The highest BCUT2D eigenvalue weighted by atomic mass is 16.5. The highest BCUT2D eigenvalue weighted by Gasteiger charge is 2.31. The molecule has 1 aliphatic rings. The third-order valence-corrected chi connectivity index (χ3v) is 2.78. The zero-order chi connectivity index (χ0) is 13.7. The van der Waals surface area contributed by atoms with E-state index in [1.165, 1.54) is 0 Å². The van der Waals surface area contributed by atoms with Gasteiger partial charge in [-0.2, -0.15) is 0 Å². The topological polar surface area (TPSA) is 61.9 Å². The fourth-order valence-corrected chi connectivity index (χ4v) is 1.94. The predicted octanol–water partition coefficient (Wildman–Crippen LogP) is -0.700. The van der Waals surface area contributed by atoms with Gasteiger partial charge in [-0.1, -0.05) is 0 Å². The lowest BCUT2D eigenvalue weighted by Gasteiger charge is -2.35. The Balaban J connectivity index is 2.59. The maximum atomic E-state index is 12.0. The molecule has 0 aromatic carbocycles. The van der Waals surface area contributed by atoms with E-state index in [9.17, 15) is 9.59 Å². The smallest absolute Gasteiger partial charge is 0.320 e. The van der Waals surface area contributed by atoms with Crippen molar-refractivity contribution in [2.45, 2.75) is 26.0 Å². The summed E-state index contributed by atoms with van der Waals surface area (Å²) in [6.45, 7) is 5.84. The molecule has 1 heterocycles. The Labute approximate surface area is 108 Å². The molecule has 1 unspecified atom stereocenters. The van der Waals surface area contributed by atoms with Gasteiger partial charge in [0.15, 0.2) is 0 Å². The van der Waals surface area contributed by atoms with Crippen LogP contribution in [0.5, 0.6) is 0 Å². The number of ether oxygens (including phenoxy) is 1. The molecule has 1 atom stereocenters. The molecule has 6 nitrogen and oxygen atoms in total. The molecule has 0 aromatic heterocycles. The van der Waals surface area contributed by atoms with E-state index in [0.717, 1.165) is 6.54 Å². The van der Waals surface area contributed by atoms with Crippen LogP contribution in [-0.2, 0) is 14.3 Å². The summed E-state index contributed by atoms with van der Waals surface area (Å²) in [6, 6.07) is -0.284. The average molecular weight is 257 g/mol. The van der Waals surface area contributed by atoms with Gasteiger partial charge in [-0.3, -0.25) is 14.5 Å². The first-order valence-electron chi connectivity index (χ1n) is 6.27. The van der Waals surface area contributed by atoms with Crippen molar-refractivity contribution in [2.24, 2.45) is 0 Å². The minimum Gasteiger partial charge on any atom is -0.462 e. The number of piperazine rings is 1. The van der Waals surface area contributed by atoms with Crippen LogP contribution >= 0.6 is 0 Å². The second-order valence-corrected chi connectivity index (χ2v) is 4.96. The lowest BCUT2D eigenvalue weighted by atomic mass is 10.1. The normalized spacial score (nSPS) is 20.8. The van der Waals surface area contributed by atoms with Crippen molar-refractivity contribution in [3.63, 3.8) is 0 Å². The van der Waals surface area contributed by atoms with Crippen LogP contribution in [0.4, 0.5) is 0 Å². The molecule has 0 spiro atoms. The molecule has 0 aliphatic carbocycles. The van der Waals surface area contributed by atoms with Gasteiger partial charge < -0.3 is 15.0 Å². The molecule has 0 saturated carbocycles. The molecule has 18 heavy (non-hydrogen) atoms. The second kappa shape index (κ2) is 6.70. The Morgan fingerprint density at radius 2 is 2.11 bits per heavy atom. The van der Waals surface area contributed by atoms with E-state index in [0.29, 0.717) is 13.1 Å². The highest BCUT2D eigenvalue weighted by molar-refractivity contribution is 5.82. The summed E-state index contributed by atoms with van der Waals surface area (Å²) >= 11 is 0. The Hall–Kier alpha value is -1.14. The van der Waals surface area contributed by atoms with E-state index in [-0.39, 0.29) is 30.6 Å². The minimum absolute atomic E-state index is 0.0135. The van der Waals surface area contributed by atoms with E-state index >= 15 is 0 Å². The number of esters is 1. The number of carbonyl (C=O) groups is 2. The van der Waals surface area contributed by atoms with E-state index in [1.54, 1.807) is 19.0 Å². The Kier molecular flexibility index (Phi) is 5.55. The summed E-state index contributed by atoms with van der Waals surface area (Å²) in [4.78, 5) is 27.1. The Bertz CT molecular complexity index is 305. The summed E-state index contributed by atoms with van der Waals surface area (Å²) in [5.41, 5.74) is 0. The molecule has 1 N–H and O–H groups in total. The number of hydrogen-bond donors (Lipinski definition) is 1. The van der Waals surface area contributed by atoms with Crippen molar-refractivity contribution in [3.8, 4) is 0 Å². The van der Waals surface area contributed by atoms with Crippen LogP contribution in [0.3, 0.4) is 0 Å². The first-order valence-corrected chi connectivity index (χ1v) is 6.27. The first kappa shape index (κ1) is 14.9. The maximum Gasteiger partial charge on any atom is 0.320 e. The zero-order valence-electron chi connectivity index (χ0n) is 11.6. The van der Waals surface area contributed by atoms with Crippen LogP contribution in [0.15, 0.2) is 0 Å². The number of rotatable bonds is 4. The van der Waals surface area contributed by atoms with Gasteiger partial charge in [-0.25, -0.2) is 0 Å². The number of likely N-dealkylation sites (N-methyl/N-ethyl adjacent to an activating group) is 1. The molecule has 6 heteroatoms. The van der Waals surface area contributed by atoms with Crippen LogP contribution in [0.25, 0.3) is 0 Å². The SMILES string of the molecule is CC(C)OC(=O)CN1CCNCC1C(=O)N(C)C. The predicted molar refractivity (Wildman–Crippen MR) is 68.2 cm³/mol. The molecule has 0 bridgehead atoms. The van der Waals surface area contributed by atoms with Gasteiger partial charge >= 0.3 is 5.97 Å². The van der Waals surface area contributed by atoms with Crippen molar-refractivity contribution in [1.29, 1.82) is 0 Å². The lowest BCUT2D eigenvalue weighted by molar-refractivity contribution is -0.150. The molecule has 104 valence electrons. The average Bonchev–Trinajstić information content (AvgIpc) is 2.27. The van der Waals surface area contributed by atoms with Gasteiger partial charge in [-0.15, -0.1) is 0 Å². The van der Waals surface area contributed by atoms with Crippen molar-refractivity contribution in [2.75, 3.05) is 40.3 Å². The van der Waals surface area contributed by atoms with E-state index < -0.39 is 0 Å². The van der Waals surface area contributed by atoms with Crippen LogP contribution in [-0.4, -0.2) is 74.1 Å². The van der Waals surface area contributed by atoms with Gasteiger partial charge in [0.05, 0.1) is 12.6 Å². The summed E-state index contributed by atoms with van der Waals surface area (Å²) in [6.07, 6.45) is -0.122. The van der Waals surface area contributed by atoms with Crippen molar-refractivity contribution in [3.05, 3.63) is 0 Å². The maximum absolute atomic E-state index is 12.0. The zero-order valence-corrected chi connectivity index (χ0v) is 11.6. The fraction of sp³-hybridized carbons (Fsp3) is 0.833. The number of carbonyl (C=O) groups excluding carboxylic acids is 2. The van der Waals surface area contributed by atoms with Crippen LogP contribution in [0.2, 0.25) is 0 Å². The van der Waals surface area contributed by atoms with Crippen LogP contribution in [0, 0.1) is 0 Å². The monoisotopic (exact) mass is 257 g/mol. The quantitative estimate of drug-likeness (QED) is 0.675. The summed E-state index contributed by atoms with van der Waals surface area (Å²) in [5.74, 6) is -0.261. The molecular weight excluding hydrogens is 234 g/mol. The minimum atomic E-state index is -0.284. The molecule has 1 amide bonds. The molecule has 0 aromatic rings. The number of nitrogens with one attached hydrogen (secondary N) is 1. The Morgan fingerprint density at radius 3 is 2.67 bits per heavy atom. The summed E-state index contributed by atoms with van der Waals surface area (Å²) in [5, 5.41) is 3.17. The van der Waals surface area contributed by atoms with Gasteiger partial charge in [0, 0.05) is 33.7 Å². The largest absolute Gasteiger partial charge is 0.462 e. The molecule has 0 radical (unpaired) electrons. The van der Waals surface area contributed by atoms with E-state index in [4.69, 9.17) is 4.74 Å². The molecule has 1 aliphatic heterocycles. The second-order valence-electron chi connectivity index (χ2n) is 4.96. The number of hydrogen-bond acceptors (Lipinski definition) is 5. The van der Waals surface area contributed by atoms with Gasteiger partial charge in [0.25, 0.3) is 0 Å². The van der Waals surface area contributed by atoms with E-state index in [2.05, 4.69) is 5.32 Å². The van der Waals surface area contributed by atoms with Gasteiger partial charge in [0.2, 0.25) is 5.91 Å². The lowest BCUT2D eigenvalue weighted by Crippen LogP contribution is -2.58.